The van der Waals surface area contributed by atoms with Gasteiger partial charge in [0.15, 0.2) is 0 Å². The molecule has 4 heteroatoms. The maximum Gasteiger partial charge on any atom is 0.0451 e. The molecule has 0 bridgehead atoms. The summed E-state index contributed by atoms with van der Waals surface area (Å²) in [5, 5.41) is 4.61. The zero-order valence-electron chi connectivity index (χ0n) is 15.9. The molecule has 0 unspecified atom stereocenters. The van der Waals surface area contributed by atoms with Crippen LogP contribution in [0.4, 0.5) is 0 Å². The van der Waals surface area contributed by atoms with Crippen LogP contribution in [-0.2, 0) is 19.6 Å². The fourth-order valence-electron chi connectivity index (χ4n) is 3.55. The molecule has 1 fully saturated rings. The Balaban J connectivity index is 1.41. The summed E-state index contributed by atoms with van der Waals surface area (Å²) in [6.07, 6.45) is 2.40. The summed E-state index contributed by atoms with van der Waals surface area (Å²) in [6, 6.07) is 17.8. The highest BCUT2D eigenvalue weighted by molar-refractivity contribution is 6.31. The first-order valence-electron chi connectivity index (χ1n) is 9.52. The molecule has 140 valence electrons. The number of halogens is 1. The van der Waals surface area contributed by atoms with Crippen LogP contribution in [0.1, 0.15) is 29.5 Å². The average Bonchev–Trinajstić information content (AvgIpc) is 2.64. The van der Waals surface area contributed by atoms with Crippen LogP contribution in [0, 0.1) is 0 Å². The second-order valence-electron chi connectivity index (χ2n) is 7.58. The van der Waals surface area contributed by atoms with Gasteiger partial charge in [-0.25, -0.2) is 0 Å². The lowest BCUT2D eigenvalue weighted by molar-refractivity contribution is 0.190. The largest absolute Gasteiger partial charge is 0.310 e. The molecule has 0 atom stereocenters. The molecule has 1 aliphatic rings. The molecule has 2 aromatic carbocycles. The summed E-state index contributed by atoms with van der Waals surface area (Å²) in [4.78, 5) is 4.71. The van der Waals surface area contributed by atoms with Crippen molar-refractivity contribution >= 4 is 11.6 Å². The SMILES string of the molecule is CN(C)Cc1ccc(CNC2CCN(Cc3ccccc3Cl)CC2)cc1. The molecular formula is C22H30ClN3. The Morgan fingerprint density at radius 3 is 2.31 bits per heavy atom. The predicted molar refractivity (Wildman–Crippen MR) is 110 cm³/mol. The fraction of sp³-hybridized carbons (Fsp3) is 0.455. The van der Waals surface area contributed by atoms with Gasteiger partial charge in [0.1, 0.15) is 0 Å². The number of nitrogens with one attached hydrogen (secondary N) is 1. The zero-order chi connectivity index (χ0) is 18.4. The second-order valence-corrected chi connectivity index (χ2v) is 7.98. The summed E-state index contributed by atoms with van der Waals surface area (Å²) >= 11 is 6.29. The van der Waals surface area contributed by atoms with E-state index in [9.17, 15) is 0 Å². The molecular weight excluding hydrogens is 342 g/mol. The third kappa shape index (κ3) is 5.82. The summed E-state index contributed by atoms with van der Waals surface area (Å²) in [5.41, 5.74) is 3.97. The molecule has 2 aromatic rings. The van der Waals surface area contributed by atoms with E-state index in [2.05, 4.69) is 65.6 Å². The molecule has 3 rings (SSSR count). The van der Waals surface area contributed by atoms with Crippen molar-refractivity contribution in [3.8, 4) is 0 Å². The van der Waals surface area contributed by atoms with Crippen LogP contribution in [0.25, 0.3) is 0 Å². The van der Waals surface area contributed by atoms with Gasteiger partial charge in [-0.05, 0) is 62.8 Å². The van der Waals surface area contributed by atoms with Crippen molar-refractivity contribution in [3.63, 3.8) is 0 Å². The third-order valence-electron chi connectivity index (χ3n) is 5.06. The van der Waals surface area contributed by atoms with Crippen molar-refractivity contribution < 1.29 is 0 Å². The summed E-state index contributed by atoms with van der Waals surface area (Å²) < 4.78 is 0. The number of hydrogen-bond acceptors (Lipinski definition) is 3. The number of likely N-dealkylation sites (tertiary alicyclic amines) is 1. The quantitative estimate of drug-likeness (QED) is 0.788. The molecule has 1 heterocycles. The van der Waals surface area contributed by atoms with Gasteiger partial charge in [-0.3, -0.25) is 4.90 Å². The molecule has 0 radical (unpaired) electrons. The molecule has 0 aliphatic carbocycles. The van der Waals surface area contributed by atoms with E-state index in [-0.39, 0.29) is 0 Å². The first-order chi connectivity index (χ1) is 12.6. The van der Waals surface area contributed by atoms with Gasteiger partial charge in [-0.15, -0.1) is 0 Å². The van der Waals surface area contributed by atoms with Crippen molar-refractivity contribution in [2.45, 2.75) is 38.5 Å². The molecule has 1 saturated heterocycles. The molecule has 3 nitrogen and oxygen atoms in total. The smallest absolute Gasteiger partial charge is 0.0451 e. The van der Waals surface area contributed by atoms with E-state index in [1.165, 1.54) is 29.5 Å². The lowest BCUT2D eigenvalue weighted by atomic mass is 10.0. The van der Waals surface area contributed by atoms with Crippen molar-refractivity contribution in [1.29, 1.82) is 0 Å². The average molecular weight is 372 g/mol. The number of nitrogens with zero attached hydrogens (tertiary/aromatic N) is 2. The fourth-order valence-corrected chi connectivity index (χ4v) is 3.75. The number of benzene rings is 2. The van der Waals surface area contributed by atoms with Gasteiger partial charge in [0.2, 0.25) is 0 Å². The van der Waals surface area contributed by atoms with Crippen molar-refractivity contribution in [1.82, 2.24) is 15.1 Å². The normalized spacial score (nSPS) is 16.3. The van der Waals surface area contributed by atoms with Crippen LogP contribution in [0.15, 0.2) is 48.5 Å². The molecule has 1 N–H and O–H groups in total. The predicted octanol–water partition coefficient (Wildman–Crippen LogP) is 4.16. The molecule has 0 aromatic heterocycles. The van der Waals surface area contributed by atoms with Crippen LogP contribution in [0.3, 0.4) is 0 Å². The van der Waals surface area contributed by atoms with E-state index in [0.717, 1.165) is 37.7 Å². The van der Waals surface area contributed by atoms with Gasteiger partial charge in [0.05, 0.1) is 0 Å². The minimum Gasteiger partial charge on any atom is -0.310 e. The van der Waals surface area contributed by atoms with Crippen LogP contribution >= 0.6 is 11.6 Å². The van der Waals surface area contributed by atoms with Crippen LogP contribution in [0.2, 0.25) is 5.02 Å². The number of piperidine rings is 1. The van der Waals surface area contributed by atoms with E-state index in [4.69, 9.17) is 11.6 Å². The maximum atomic E-state index is 6.29. The van der Waals surface area contributed by atoms with Crippen LogP contribution in [-0.4, -0.2) is 43.0 Å². The molecule has 0 saturated carbocycles. The van der Waals surface area contributed by atoms with Crippen LogP contribution < -0.4 is 5.32 Å². The van der Waals surface area contributed by atoms with Gasteiger partial charge in [-0.2, -0.15) is 0 Å². The Kier molecular flexibility index (Phi) is 7.09. The topological polar surface area (TPSA) is 18.5 Å². The highest BCUT2D eigenvalue weighted by Crippen LogP contribution is 2.20. The minimum atomic E-state index is 0.610. The number of rotatable bonds is 7. The van der Waals surface area contributed by atoms with Crippen molar-refractivity contribution in [2.24, 2.45) is 0 Å². The van der Waals surface area contributed by atoms with Crippen molar-refractivity contribution in [3.05, 3.63) is 70.2 Å². The van der Waals surface area contributed by atoms with E-state index in [0.29, 0.717) is 6.04 Å². The Labute approximate surface area is 163 Å². The molecule has 26 heavy (non-hydrogen) atoms. The molecule has 0 amide bonds. The lowest BCUT2D eigenvalue weighted by Gasteiger charge is -2.32. The van der Waals surface area contributed by atoms with Gasteiger partial charge in [-0.1, -0.05) is 54.1 Å². The highest BCUT2D eigenvalue weighted by Gasteiger charge is 2.19. The lowest BCUT2D eigenvalue weighted by Crippen LogP contribution is -2.41. The molecule has 0 spiro atoms. The third-order valence-corrected chi connectivity index (χ3v) is 5.42. The van der Waals surface area contributed by atoms with Crippen LogP contribution in [0.5, 0.6) is 0 Å². The monoisotopic (exact) mass is 371 g/mol. The van der Waals surface area contributed by atoms with Gasteiger partial charge < -0.3 is 10.2 Å². The zero-order valence-corrected chi connectivity index (χ0v) is 16.7. The summed E-state index contributed by atoms with van der Waals surface area (Å²) in [7, 11) is 4.21. The highest BCUT2D eigenvalue weighted by atomic mass is 35.5. The van der Waals surface area contributed by atoms with Gasteiger partial charge in [0, 0.05) is 30.7 Å². The first-order valence-corrected chi connectivity index (χ1v) is 9.89. The second kappa shape index (κ2) is 9.52. The van der Waals surface area contributed by atoms with Crippen molar-refractivity contribution in [2.75, 3.05) is 27.2 Å². The van der Waals surface area contributed by atoms with E-state index < -0.39 is 0 Å². The Morgan fingerprint density at radius 1 is 1.00 bits per heavy atom. The summed E-state index contributed by atoms with van der Waals surface area (Å²) in [5.74, 6) is 0. The Morgan fingerprint density at radius 2 is 1.65 bits per heavy atom. The summed E-state index contributed by atoms with van der Waals surface area (Å²) in [6.45, 7) is 5.17. The Hall–Kier alpha value is -1.39. The van der Waals surface area contributed by atoms with E-state index >= 15 is 0 Å². The maximum absolute atomic E-state index is 6.29. The van der Waals surface area contributed by atoms with Gasteiger partial charge >= 0.3 is 0 Å². The molecule has 1 aliphatic heterocycles. The van der Waals surface area contributed by atoms with Gasteiger partial charge in [0.25, 0.3) is 0 Å². The van der Waals surface area contributed by atoms with E-state index in [1.54, 1.807) is 0 Å². The minimum absolute atomic E-state index is 0.610. The first kappa shape index (κ1) is 19.4. The Bertz CT molecular complexity index is 676. The number of hydrogen-bond donors (Lipinski definition) is 1. The standard InChI is InChI=1S/C22H30ClN3/c1-25(2)16-19-9-7-18(8-10-19)15-24-21-11-13-26(14-12-21)17-20-5-3-4-6-22(20)23/h3-10,21,24H,11-17H2,1-2H3. The van der Waals surface area contributed by atoms with E-state index in [1.807, 2.05) is 12.1 Å².